The van der Waals surface area contributed by atoms with E-state index in [-0.39, 0.29) is 22.2 Å². The molecule has 1 N–H and O–H groups in total. The Morgan fingerprint density at radius 2 is 2.00 bits per heavy atom. The zero-order valence-electron chi connectivity index (χ0n) is 6.41. The van der Waals surface area contributed by atoms with Crippen LogP contribution in [0.4, 0.5) is 8.78 Å². The van der Waals surface area contributed by atoms with E-state index in [1.807, 2.05) is 0 Å². The van der Waals surface area contributed by atoms with Gasteiger partial charge in [0.2, 0.25) is 0 Å². The Morgan fingerprint density at radius 3 is 2.54 bits per heavy atom. The highest BCUT2D eigenvalue weighted by Gasteiger charge is 2.13. The van der Waals surface area contributed by atoms with Crippen LogP contribution in [0, 0.1) is 0 Å². The number of hydrogen-bond acceptors (Lipinski definition) is 2. The zero-order valence-corrected chi connectivity index (χ0v) is 7.22. The molecule has 0 unspecified atom stereocenters. The molecule has 1 rings (SSSR count). The maximum atomic E-state index is 11.9. The third kappa shape index (κ3) is 2.69. The van der Waals surface area contributed by atoms with E-state index in [0.717, 1.165) is 0 Å². The number of rotatable bonds is 3. The van der Waals surface area contributed by atoms with E-state index in [2.05, 4.69) is 0 Å². The number of aromatic carboxylic acids is 1. The third-order valence-corrected chi connectivity index (χ3v) is 2.12. The van der Waals surface area contributed by atoms with Crippen LogP contribution in [0.25, 0.3) is 0 Å². The molecular weight excluding hydrogens is 198 g/mol. The highest BCUT2D eigenvalue weighted by Crippen LogP contribution is 2.28. The maximum absolute atomic E-state index is 11.9. The van der Waals surface area contributed by atoms with Gasteiger partial charge in [-0.05, 0) is 12.1 Å². The number of alkyl halides is 2. The summed E-state index contributed by atoms with van der Waals surface area (Å²) in [5, 5.41) is 8.62. The van der Waals surface area contributed by atoms with Gasteiger partial charge in [0, 0.05) is 4.90 Å². The number of carboxylic acids is 1. The second-order valence-corrected chi connectivity index (χ2v) is 3.21. The van der Waals surface area contributed by atoms with E-state index in [4.69, 9.17) is 5.11 Å². The fourth-order valence-electron chi connectivity index (χ4n) is 0.842. The lowest BCUT2D eigenvalue weighted by atomic mass is 10.2. The fraction of sp³-hybridized carbons (Fsp3) is 0.125. The van der Waals surface area contributed by atoms with Gasteiger partial charge in [0.15, 0.2) is 0 Å². The molecule has 0 fully saturated rings. The second-order valence-electron chi connectivity index (χ2n) is 2.18. The van der Waals surface area contributed by atoms with Crippen molar-refractivity contribution < 1.29 is 18.7 Å². The molecule has 0 heterocycles. The Balaban J connectivity index is 2.98. The summed E-state index contributed by atoms with van der Waals surface area (Å²) in [6.45, 7) is 0. The quantitative estimate of drug-likeness (QED) is 0.769. The van der Waals surface area contributed by atoms with Gasteiger partial charge in [-0.3, -0.25) is 0 Å². The summed E-state index contributed by atoms with van der Waals surface area (Å²) in [5.74, 6) is -3.79. The summed E-state index contributed by atoms with van der Waals surface area (Å²) >= 11 is 0.239. The largest absolute Gasteiger partial charge is 0.478 e. The van der Waals surface area contributed by atoms with Gasteiger partial charge in [0.05, 0.1) is 5.56 Å². The molecule has 0 amide bonds. The normalized spacial score (nSPS) is 10.4. The van der Waals surface area contributed by atoms with Crippen LogP contribution in [0.15, 0.2) is 29.2 Å². The maximum Gasteiger partial charge on any atom is 0.336 e. The number of thioether (sulfide) groups is 1. The van der Waals surface area contributed by atoms with Gasteiger partial charge < -0.3 is 5.11 Å². The predicted octanol–water partition coefficient (Wildman–Crippen LogP) is 2.70. The number of carbonyl (C=O) groups is 1. The number of hydrogen-bond donors (Lipinski definition) is 1. The molecule has 0 aliphatic rings. The Kier molecular flexibility index (Phi) is 3.25. The first-order valence-electron chi connectivity index (χ1n) is 3.38. The van der Waals surface area contributed by atoms with E-state index in [1.54, 1.807) is 0 Å². The molecule has 2 nitrogen and oxygen atoms in total. The molecule has 1 aromatic carbocycles. The van der Waals surface area contributed by atoms with Gasteiger partial charge in [0.1, 0.15) is 0 Å². The van der Waals surface area contributed by atoms with Gasteiger partial charge in [-0.2, -0.15) is 8.78 Å². The zero-order chi connectivity index (χ0) is 9.84. The predicted molar refractivity (Wildman–Crippen MR) is 45.3 cm³/mol. The Hall–Kier alpha value is -1.10. The molecule has 0 radical (unpaired) electrons. The van der Waals surface area contributed by atoms with Crippen molar-refractivity contribution >= 4 is 17.7 Å². The van der Waals surface area contributed by atoms with Crippen molar-refractivity contribution in [3.05, 3.63) is 29.8 Å². The molecule has 0 aliphatic heterocycles. The average Bonchev–Trinajstić information content (AvgIpc) is 2.03. The van der Waals surface area contributed by atoms with E-state index < -0.39 is 11.7 Å². The first-order chi connectivity index (χ1) is 6.11. The smallest absolute Gasteiger partial charge is 0.336 e. The Morgan fingerprint density at radius 1 is 1.38 bits per heavy atom. The van der Waals surface area contributed by atoms with E-state index >= 15 is 0 Å². The van der Waals surface area contributed by atoms with Crippen molar-refractivity contribution in [3.8, 4) is 0 Å². The molecule has 0 saturated carbocycles. The number of carboxylic acid groups (broad SMARTS) is 1. The van der Waals surface area contributed by atoms with E-state index in [0.29, 0.717) is 0 Å². The van der Waals surface area contributed by atoms with Gasteiger partial charge in [-0.15, -0.1) is 0 Å². The summed E-state index contributed by atoms with van der Waals surface area (Å²) in [4.78, 5) is 10.6. The highest BCUT2D eigenvalue weighted by atomic mass is 32.2. The first-order valence-corrected chi connectivity index (χ1v) is 4.26. The molecular formula is C8H6F2O2S. The SMILES string of the molecule is O=C(O)c1ccccc1SC(F)F. The molecule has 0 atom stereocenters. The lowest BCUT2D eigenvalue weighted by Gasteiger charge is -2.03. The Bertz CT molecular complexity index is 315. The lowest BCUT2D eigenvalue weighted by molar-refractivity contribution is 0.0693. The van der Waals surface area contributed by atoms with Crippen LogP contribution in [0.5, 0.6) is 0 Å². The van der Waals surface area contributed by atoms with Crippen molar-refractivity contribution in [3.63, 3.8) is 0 Å². The van der Waals surface area contributed by atoms with Crippen LogP contribution in [0.3, 0.4) is 0 Å². The highest BCUT2D eigenvalue weighted by molar-refractivity contribution is 7.99. The van der Waals surface area contributed by atoms with Crippen LogP contribution in [-0.2, 0) is 0 Å². The Labute approximate surface area is 77.6 Å². The van der Waals surface area contributed by atoms with E-state index in [9.17, 15) is 13.6 Å². The fourth-order valence-corrected chi connectivity index (χ4v) is 1.47. The summed E-state index contributed by atoms with van der Waals surface area (Å²) in [6.07, 6.45) is 0. The second kappa shape index (κ2) is 4.23. The average molecular weight is 204 g/mol. The van der Waals surface area contributed by atoms with Gasteiger partial charge in [-0.1, -0.05) is 23.9 Å². The van der Waals surface area contributed by atoms with Crippen molar-refractivity contribution in [2.75, 3.05) is 0 Å². The van der Waals surface area contributed by atoms with Crippen LogP contribution < -0.4 is 0 Å². The van der Waals surface area contributed by atoms with Crippen LogP contribution in [-0.4, -0.2) is 16.8 Å². The molecule has 1 aromatic rings. The summed E-state index contributed by atoms with van der Waals surface area (Å²) in [5.41, 5.74) is -0.0900. The van der Waals surface area contributed by atoms with Crippen molar-refractivity contribution in [1.82, 2.24) is 0 Å². The van der Waals surface area contributed by atoms with Gasteiger partial charge in [-0.25, -0.2) is 4.79 Å². The summed E-state index contributed by atoms with van der Waals surface area (Å²) in [7, 11) is 0. The standard InChI is InChI=1S/C8H6F2O2S/c9-8(10)13-6-4-2-1-3-5(6)7(11)12/h1-4,8H,(H,11,12). The minimum Gasteiger partial charge on any atom is -0.478 e. The lowest BCUT2D eigenvalue weighted by Crippen LogP contribution is -1.99. The third-order valence-electron chi connectivity index (χ3n) is 1.33. The van der Waals surface area contributed by atoms with Crippen molar-refractivity contribution in [2.45, 2.75) is 10.7 Å². The van der Waals surface area contributed by atoms with Gasteiger partial charge >= 0.3 is 5.97 Å². The minimum atomic E-state index is -2.60. The van der Waals surface area contributed by atoms with Crippen molar-refractivity contribution in [1.29, 1.82) is 0 Å². The molecule has 0 spiro atoms. The van der Waals surface area contributed by atoms with Crippen molar-refractivity contribution in [2.24, 2.45) is 0 Å². The molecule has 0 saturated heterocycles. The number of benzene rings is 1. The topological polar surface area (TPSA) is 37.3 Å². The number of halogens is 2. The van der Waals surface area contributed by atoms with Crippen LogP contribution in [0.1, 0.15) is 10.4 Å². The monoisotopic (exact) mass is 204 g/mol. The molecule has 13 heavy (non-hydrogen) atoms. The molecule has 70 valence electrons. The first kappa shape index (κ1) is 9.98. The summed E-state index contributed by atoms with van der Waals surface area (Å²) in [6, 6.07) is 5.68. The summed E-state index contributed by atoms with van der Waals surface area (Å²) < 4.78 is 23.9. The van der Waals surface area contributed by atoms with Crippen LogP contribution in [0.2, 0.25) is 0 Å². The molecule has 0 bridgehead atoms. The van der Waals surface area contributed by atoms with E-state index in [1.165, 1.54) is 24.3 Å². The van der Waals surface area contributed by atoms with Crippen LogP contribution >= 0.6 is 11.8 Å². The minimum absolute atomic E-state index is 0.0880. The molecule has 0 aliphatic carbocycles. The van der Waals surface area contributed by atoms with Gasteiger partial charge in [0.25, 0.3) is 5.76 Å². The molecule has 0 aromatic heterocycles. The molecule has 5 heteroatoms.